The van der Waals surface area contributed by atoms with E-state index in [-0.39, 0.29) is 166 Å². The highest BCUT2D eigenvalue weighted by Crippen LogP contribution is 2.19. The third-order valence-corrected chi connectivity index (χ3v) is 15.7. The van der Waals surface area contributed by atoms with Crippen LogP contribution < -0.4 is 48.3 Å². The molecule has 0 spiro atoms. The number of benzene rings is 3. The largest absolute Gasteiger partial charge is 0.508 e. The number of likely N-dealkylation sites (N-methyl/N-ethyl adjacent to an activating group) is 1. The molecule has 2 aliphatic heterocycles. The number of carboxylic acid groups (broad SMARTS) is 3. The van der Waals surface area contributed by atoms with E-state index in [2.05, 4.69) is 42.5 Å². The number of nitrogens with two attached hydrogens (primary N) is 1. The Morgan fingerprint density at radius 1 is 0.522 bits per heavy atom. The number of carboxylic acids is 3. The van der Waals surface area contributed by atoms with Crippen molar-refractivity contribution < 1.29 is 73.2 Å². The molecule has 4 atom stereocenters. The maximum atomic E-state index is 14.6. The molecule has 2 saturated heterocycles. The Hall–Kier alpha value is -9.00. The highest BCUT2D eigenvalue weighted by Gasteiger charge is 2.36. The number of phenols is 1. The van der Waals surface area contributed by atoms with Crippen LogP contribution >= 0.6 is 0 Å². The third kappa shape index (κ3) is 28.0. The van der Waals surface area contributed by atoms with Crippen LogP contribution in [-0.2, 0) is 65.6 Å². The average molecular weight is 1290 g/mol. The number of aliphatic carboxylic acids is 3. The lowest BCUT2D eigenvalue weighted by Crippen LogP contribution is -2.58. The zero-order valence-corrected chi connectivity index (χ0v) is 52.3. The minimum absolute atomic E-state index is 0.00887. The molecule has 2 fully saturated rings. The van der Waals surface area contributed by atoms with E-state index in [9.17, 15) is 73.2 Å². The van der Waals surface area contributed by atoms with E-state index in [1.54, 1.807) is 26.8 Å². The predicted octanol–water partition coefficient (Wildman–Crippen LogP) is -2.05. The molecular formula is C62H91N15O15. The molecule has 2 heterocycles. The molecule has 30 heteroatoms. The van der Waals surface area contributed by atoms with Crippen molar-refractivity contribution >= 4 is 81.9 Å². The lowest BCUT2D eigenvalue weighted by Gasteiger charge is -2.32. The van der Waals surface area contributed by atoms with Gasteiger partial charge in [0.25, 0.3) is 0 Å². The van der Waals surface area contributed by atoms with Gasteiger partial charge < -0.3 is 73.6 Å². The van der Waals surface area contributed by atoms with Gasteiger partial charge in [-0.25, -0.2) is 0 Å². The summed E-state index contributed by atoms with van der Waals surface area (Å²) in [5, 5.41) is 70.0. The van der Waals surface area contributed by atoms with Crippen molar-refractivity contribution in [1.29, 1.82) is 5.41 Å². The predicted molar refractivity (Wildman–Crippen MR) is 339 cm³/mol. The fourth-order valence-electron chi connectivity index (χ4n) is 10.7. The van der Waals surface area contributed by atoms with Gasteiger partial charge in [0, 0.05) is 111 Å². The van der Waals surface area contributed by atoms with E-state index in [1.165, 1.54) is 24.1 Å². The molecular weight excluding hydrogens is 1190 g/mol. The van der Waals surface area contributed by atoms with Crippen LogP contribution in [0.4, 0.5) is 0 Å². The Balaban J connectivity index is 1.11. The smallest absolute Gasteiger partial charge is 0.317 e. The van der Waals surface area contributed by atoms with Gasteiger partial charge in [0.05, 0.1) is 32.7 Å². The molecule has 3 aromatic carbocycles. The summed E-state index contributed by atoms with van der Waals surface area (Å²) in [5.41, 5.74) is 6.77. The Labute approximate surface area is 534 Å². The molecule has 0 unspecified atom stereocenters. The van der Waals surface area contributed by atoms with Crippen LogP contribution in [0.5, 0.6) is 5.75 Å². The fourth-order valence-corrected chi connectivity index (χ4v) is 10.7. The van der Waals surface area contributed by atoms with Gasteiger partial charge in [-0.2, -0.15) is 0 Å². The maximum absolute atomic E-state index is 14.6. The second kappa shape index (κ2) is 39.3. The zero-order chi connectivity index (χ0) is 67.0. The topological polar surface area (TPSA) is 431 Å². The normalized spacial score (nSPS) is 19.1. The molecule has 3 aromatic rings. The Kier molecular flexibility index (Phi) is 31.5. The molecule has 30 nitrogen and oxygen atoms in total. The number of aromatic hydroxyl groups is 1. The van der Waals surface area contributed by atoms with Gasteiger partial charge in [0.2, 0.25) is 47.3 Å². The number of hydrogen-bond acceptors (Lipinski definition) is 17. The molecule has 0 saturated carbocycles. The van der Waals surface area contributed by atoms with Crippen LogP contribution in [0, 0.1) is 5.41 Å². The monoisotopic (exact) mass is 1290 g/mol. The van der Waals surface area contributed by atoms with E-state index in [1.807, 2.05) is 47.4 Å². The van der Waals surface area contributed by atoms with Gasteiger partial charge in [0.15, 0.2) is 5.96 Å². The maximum Gasteiger partial charge on any atom is 0.317 e. The molecule has 0 radical (unpaired) electrons. The first-order valence-corrected chi connectivity index (χ1v) is 31.1. The Bertz CT molecular complexity index is 2960. The number of carbonyl (C=O) groups is 11. The van der Waals surface area contributed by atoms with E-state index >= 15 is 0 Å². The summed E-state index contributed by atoms with van der Waals surface area (Å²) in [5.74, 6) is -7.84. The number of phenolic OH excluding ortho intramolecular Hbond substituents is 1. The molecule has 0 aromatic heterocycles. The van der Waals surface area contributed by atoms with Crippen LogP contribution in [0.3, 0.4) is 0 Å². The van der Waals surface area contributed by atoms with Crippen molar-refractivity contribution in [2.24, 2.45) is 5.73 Å². The lowest BCUT2D eigenvalue weighted by molar-refractivity contribution is -0.142. The minimum atomic E-state index is -1.27. The van der Waals surface area contributed by atoms with E-state index in [4.69, 9.17) is 11.1 Å². The summed E-state index contributed by atoms with van der Waals surface area (Å²) in [6.07, 6.45) is 2.57. The van der Waals surface area contributed by atoms with Crippen molar-refractivity contribution in [1.82, 2.24) is 67.0 Å². The van der Waals surface area contributed by atoms with Gasteiger partial charge in [0.1, 0.15) is 29.9 Å². The van der Waals surface area contributed by atoms with Crippen molar-refractivity contribution in [3.8, 4) is 5.75 Å². The molecule has 5 rings (SSSR count). The van der Waals surface area contributed by atoms with Crippen LogP contribution in [0.1, 0.15) is 75.3 Å². The van der Waals surface area contributed by atoms with Crippen LogP contribution in [0.2, 0.25) is 0 Å². The second-order valence-corrected chi connectivity index (χ2v) is 23.1. The van der Waals surface area contributed by atoms with E-state index < -0.39 is 78.2 Å². The number of amides is 8. The first kappa shape index (κ1) is 73.7. The van der Waals surface area contributed by atoms with Crippen molar-refractivity contribution in [2.45, 2.75) is 101 Å². The van der Waals surface area contributed by atoms with Crippen LogP contribution in [0.25, 0.3) is 10.8 Å². The Morgan fingerprint density at radius 3 is 1.53 bits per heavy atom. The third-order valence-electron chi connectivity index (χ3n) is 15.7. The van der Waals surface area contributed by atoms with Gasteiger partial charge in [-0.1, -0.05) is 54.6 Å². The van der Waals surface area contributed by atoms with E-state index in [0.717, 1.165) is 10.8 Å². The number of nitrogens with zero attached hydrogens (tertiary/aromatic N) is 5. The number of guanidine groups is 1. The summed E-state index contributed by atoms with van der Waals surface area (Å²) < 4.78 is 0. The standard InChI is InChI=1S/C62H91N15O15/c1-73-50(13-9-24-66-52(80)15-4-6-22-65-51(79)14-5-7-23-67-54(82)38-74-26-28-75(39-55(83)84)30-32-77(41-57(87)88)33-31-76(29-27-74)40-56(85)86)60(91)71-47(12-8-25-68-62(63)64)59(90)72-48(36-43-16-19-44-10-2-3-11-45(44)34-43)58(89)69-37-53(81)70-49(61(73)92)35-42-17-20-46(78)21-18-42/h2-3,10-11,16-21,34,47-50,78H,4-9,12-15,22-33,35-41H2,1H3,(H,65,79)(H,66,80)(H,67,82)(H,69,89)(H,70,81)(H,71,91)(H,72,90)(H,83,84)(H,85,86)(H,87,88)(H4,63,64,68)/t47-,48-,49+,50+/m0/s1. The number of carbonyl (C=O) groups excluding carboxylic acids is 8. The molecule has 0 aliphatic carbocycles. The molecule has 8 amide bonds. The molecule has 2 aliphatic rings. The van der Waals surface area contributed by atoms with Gasteiger partial charge in [-0.15, -0.1) is 0 Å². The van der Waals surface area contributed by atoms with Crippen molar-refractivity contribution in [2.75, 3.05) is 118 Å². The van der Waals surface area contributed by atoms with Gasteiger partial charge in [-0.05, 0) is 85.4 Å². The SMILES string of the molecule is CN1C(=O)[C@@H](Cc2ccc(O)cc2)NC(=O)CNC(=O)[C@H](Cc2ccc3ccccc3c2)NC(=O)[C@H](CCCNC(=N)N)NC(=O)[C@H]1CCCNC(=O)CCCCNC(=O)CCCCNC(=O)CN1CCN(CC(=O)O)CCN(CC(=O)O)CCN(CC(=O)O)CC1. The lowest BCUT2D eigenvalue weighted by atomic mass is 10.00. The fraction of sp³-hybridized carbons (Fsp3) is 0.548. The van der Waals surface area contributed by atoms with Crippen LogP contribution in [-0.4, -0.2) is 259 Å². The minimum Gasteiger partial charge on any atom is -0.508 e. The van der Waals surface area contributed by atoms with Gasteiger partial charge in [-0.3, -0.25) is 77.7 Å². The van der Waals surface area contributed by atoms with Crippen molar-refractivity contribution in [3.63, 3.8) is 0 Å². The highest BCUT2D eigenvalue weighted by atomic mass is 16.4. The first-order chi connectivity index (χ1) is 44.0. The molecule has 0 bridgehead atoms. The summed E-state index contributed by atoms with van der Waals surface area (Å²) >= 11 is 0. The summed E-state index contributed by atoms with van der Waals surface area (Å²) in [7, 11) is 1.39. The molecule has 15 N–H and O–H groups in total. The number of unbranched alkanes of at least 4 members (excludes halogenated alkanes) is 2. The average Bonchev–Trinajstić information content (AvgIpc) is 1.39. The van der Waals surface area contributed by atoms with Gasteiger partial charge >= 0.3 is 17.9 Å². The van der Waals surface area contributed by atoms with Crippen molar-refractivity contribution in [3.05, 3.63) is 77.9 Å². The second-order valence-electron chi connectivity index (χ2n) is 23.1. The van der Waals surface area contributed by atoms with E-state index in [0.29, 0.717) is 56.4 Å². The first-order valence-electron chi connectivity index (χ1n) is 31.1. The number of hydrogen-bond donors (Lipinski definition) is 14. The number of rotatable bonds is 30. The number of nitrogens with one attached hydrogen (secondary N) is 9. The zero-order valence-electron chi connectivity index (χ0n) is 52.3. The van der Waals surface area contributed by atoms with Crippen LogP contribution in [0.15, 0.2) is 66.7 Å². The molecule has 504 valence electrons. The Morgan fingerprint density at radius 2 is 0.989 bits per heavy atom. The highest BCUT2D eigenvalue weighted by molar-refractivity contribution is 5.97. The summed E-state index contributed by atoms with van der Waals surface area (Å²) in [6, 6.07) is 14.2. The molecule has 92 heavy (non-hydrogen) atoms. The summed E-state index contributed by atoms with van der Waals surface area (Å²) in [6.45, 7) is 1.53. The number of fused-ring (bicyclic) bond motifs is 1. The summed E-state index contributed by atoms with van der Waals surface area (Å²) in [4.78, 5) is 153. The quantitative estimate of drug-likeness (QED) is 0.0194.